The van der Waals surface area contributed by atoms with Crippen LogP contribution in [0.4, 0.5) is 4.39 Å². The van der Waals surface area contributed by atoms with E-state index in [4.69, 9.17) is 4.74 Å². The Hall–Kier alpha value is -2.65. The predicted molar refractivity (Wildman–Crippen MR) is 130 cm³/mol. The quantitative estimate of drug-likeness (QED) is 0.454. The number of nitrogens with zero attached hydrogens (tertiary/aromatic N) is 1. The van der Waals surface area contributed by atoms with Crippen molar-refractivity contribution in [2.45, 2.75) is 63.4 Å². The first-order valence-electron chi connectivity index (χ1n) is 11.5. The Bertz CT molecular complexity index is 1010. The number of aliphatic hydroxyl groups excluding tert-OH is 1. The average molecular weight is 490 g/mol. The summed E-state index contributed by atoms with van der Waals surface area (Å²) in [5.41, 5.74) is -0.797. The van der Waals surface area contributed by atoms with E-state index in [9.17, 15) is 19.1 Å². The lowest BCUT2D eigenvalue weighted by atomic mass is 9.88. The molecule has 3 N–H and O–H groups in total. The number of ether oxygens (including phenoxy) is 1. The Morgan fingerprint density at radius 1 is 1.18 bits per heavy atom. The van der Waals surface area contributed by atoms with Crippen molar-refractivity contribution in [3.8, 4) is 11.6 Å². The third-order valence-corrected chi connectivity index (χ3v) is 6.68. The fraction of sp³-hybridized carbons (Fsp3) is 0.480. The molecule has 1 aromatic heterocycles. The number of aromatic nitrogens is 1. The standard InChI is InChI=1S/C25H32FN3O4S/c1-4-34-20-7-5-6-19(13-20)33-23-21(12-16(26)14-27-23)22(31)28-17-8-10-18(11-9-17)29-24(32)25(2,3)15-30/h5-7,12-14,17-18,30H,4,8-11,15H2,1-3H3,(H,28,31)(H,29,32). The van der Waals surface area contributed by atoms with Crippen LogP contribution in [0.2, 0.25) is 0 Å². The van der Waals surface area contributed by atoms with Gasteiger partial charge in [0.05, 0.1) is 18.2 Å². The SMILES string of the molecule is CCSc1cccc(Oc2ncc(F)cc2C(=O)NC2CCC(NC(=O)C(C)(C)CO)CC2)c1. The van der Waals surface area contributed by atoms with E-state index in [1.807, 2.05) is 18.2 Å². The summed E-state index contributed by atoms with van der Waals surface area (Å²) in [7, 11) is 0. The minimum absolute atomic E-state index is 0.00512. The van der Waals surface area contributed by atoms with E-state index in [0.717, 1.165) is 22.9 Å². The molecule has 34 heavy (non-hydrogen) atoms. The van der Waals surface area contributed by atoms with Crippen LogP contribution >= 0.6 is 11.8 Å². The van der Waals surface area contributed by atoms with Crippen LogP contribution in [0.3, 0.4) is 0 Å². The highest BCUT2D eigenvalue weighted by molar-refractivity contribution is 7.99. The maximum Gasteiger partial charge on any atom is 0.257 e. The molecule has 2 amide bonds. The zero-order chi connectivity index (χ0) is 24.7. The number of aliphatic hydroxyl groups is 1. The Morgan fingerprint density at radius 3 is 2.50 bits per heavy atom. The van der Waals surface area contributed by atoms with Crippen LogP contribution < -0.4 is 15.4 Å². The fourth-order valence-corrected chi connectivity index (χ4v) is 4.38. The fourth-order valence-electron chi connectivity index (χ4n) is 3.67. The number of nitrogens with one attached hydrogen (secondary N) is 2. The van der Waals surface area contributed by atoms with Gasteiger partial charge in [-0.3, -0.25) is 9.59 Å². The summed E-state index contributed by atoms with van der Waals surface area (Å²) in [5, 5.41) is 15.3. The first kappa shape index (κ1) is 26.0. The van der Waals surface area contributed by atoms with E-state index in [2.05, 4.69) is 22.5 Å². The Balaban J connectivity index is 1.62. The van der Waals surface area contributed by atoms with Crippen molar-refractivity contribution in [2.75, 3.05) is 12.4 Å². The molecule has 1 aliphatic carbocycles. The van der Waals surface area contributed by atoms with Gasteiger partial charge >= 0.3 is 0 Å². The summed E-state index contributed by atoms with van der Waals surface area (Å²) in [5.74, 6) is 0.229. The second-order valence-electron chi connectivity index (χ2n) is 9.05. The van der Waals surface area contributed by atoms with Crippen LogP contribution in [-0.4, -0.2) is 46.3 Å². The highest BCUT2D eigenvalue weighted by Gasteiger charge is 2.31. The predicted octanol–water partition coefficient (Wildman–Crippen LogP) is 4.30. The van der Waals surface area contributed by atoms with Gasteiger partial charge in [-0.2, -0.15) is 0 Å². The molecule has 9 heteroatoms. The molecule has 1 aliphatic rings. The van der Waals surface area contributed by atoms with E-state index in [1.54, 1.807) is 31.7 Å². The van der Waals surface area contributed by atoms with E-state index < -0.39 is 17.1 Å². The molecule has 0 radical (unpaired) electrons. The largest absolute Gasteiger partial charge is 0.438 e. The number of carbonyl (C=O) groups excluding carboxylic acids is 2. The highest BCUT2D eigenvalue weighted by atomic mass is 32.2. The van der Waals surface area contributed by atoms with Gasteiger partial charge in [-0.25, -0.2) is 9.37 Å². The molecule has 0 spiro atoms. The lowest BCUT2D eigenvalue weighted by Crippen LogP contribution is -2.48. The minimum Gasteiger partial charge on any atom is -0.438 e. The molecule has 2 aromatic rings. The number of hydrogen-bond acceptors (Lipinski definition) is 6. The summed E-state index contributed by atoms with van der Waals surface area (Å²) >= 11 is 1.66. The summed E-state index contributed by atoms with van der Waals surface area (Å²) in [4.78, 5) is 30.3. The summed E-state index contributed by atoms with van der Waals surface area (Å²) in [6, 6.07) is 8.47. The van der Waals surface area contributed by atoms with E-state index in [-0.39, 0.29) is 36.0 Å². The van der Waals surface area contributed by atoms with Crippen molar-refractivity contribution >= 4 is 23.6 Å². The Morgan fingerprint density at radius 2 is 1.85 bits per heavy atom. The van der Waals surface area contributed by atoms with E-state index in [1.165, 1.54) is 0 Å². The van der Waals surface area contributed by atoms with Crippen LogP contribution in [0, 0.1) is 11.2 Å². The molecule has 3 rings (SSSR count). The van der Waals surface area contributed by atoms with Crippen LogP contribution in [0.1, 0.15) is 56.8 Å². The van der Waals surface area contributed by atoms with Crippen molar-refractivity contribution in [3.05, 3.63) is 47.9 Å². The third kappa shape index (κ3) is 6.93. The Kier molecular flexibility index (Phi) is 8.90. The number of thioether (sulfide) groups is 1. The topological polar surface area (TPSA) is 101 Å². The maximum atomic E-state index is 13.9. The van der Waals surface area contributed by atoms with Gasteiger partial charge in [0, 0.05) is 17.0 Å². The molecule has 0 bridgehead atoms. The third-order valence-electron chi connectivity index (χ3n) is 5.80. The van der Waals surface area contributed by atoms with Gasteiger partial charge in [-0.05, 0) is 69.5 Å². The van der Waals surface area contributed by atoms with Gasteiger partial charge in [0.1, 0.15) is 17.1 Å². The van der Waals surface area contributed by atoms with Crippen molar-refractivity contribution in [1.82, 2.24) is 15.6 Å². The zero-order valence-corrected chi connectivity index (χ0v) is 20.6. The number of amides is 2. The normalized spacial score (nSPS) is 18.3. The zero-order valence-electron chi connectivity index (χ0n) is 19.8. The Labute approximate surface area is 203 Å². The van der Waals surface area contributed by atoms with Gasteiger partial charge in [0.2, 0.25) is 11.8 Å². The molecule has 7 nitrogen and oxygen atoms in total. The van der Waals surface area contributed by atoms with Gasteiger partial charge in [0.15, 0.2) is 0 Å². The minimum atomic E-state index is -0.833. The first-order valence-corrected chi connectivity index (χ1v) is 12.5. The van der Waals surface area contributed by atoms with E-state index >= 15 is 0 Å². The lowest BCUT2D eigenvalue weighted by Gasteiger charge is -2.32. The van der Waals surface area contributed by atoms with Crippen molar-refractivity contribution in [1.29, 1.82) is 0 Å². The summed E-state index contributed by atoms with van der Waals surface area (Å²) in [6.45, 7) is 5.22. The number of carbonyl (C=O) groups is 2. The van der Waals surface area contributed by atoms with Gasteiger partial charge in [0.25, 0.3) is 5.91 Å². The van der Waals surface area contributed by atoms with E-state index in [0.29, 0.717) is 31.4 Å². The molecule has 1 aromatic carbocycles. The van der Waals surface area contributed by atoms with Crippen LogP contribution in [0.25, 0.3) is 0 Å². The van der Waals surface area contributed by atoms with Gasteiger partial charge < -0.3 is 20.5 Å². The number of hydrogen-bond donors (Lipinski definition) is 3. The number of halogens is 1. The molecule has 0 unspecified atom stereocenters. The van der Waals surface area contributed by atoms with Crippen LogP contribution in [0.5, 0.6) is 11.6 Å². The van der Waals surface area contributed by atoms with Crippen LogP contribution in [-0.2, 0) is 4.79 Å². The van der Waals surface area contributed by atoms with Crippen LogP contribution in [0.15, 0.2) is 41.4 Å². The summed E-state index contributed by atoms with van der Waals surface area (Å²) < 4.78 is 19.8. The molecule has 0 atom stereocenters. The second kappa shape index (κ2) is 11.7. The molecule has 1 heterocycles. The summed E-state index contributed by atoms with van der Waals surface area (Å²) in [6.07, 6.45) is 3.77. The smallest absolute Gasteiger partial charge is 0.257 e. The number of benzene rings is 1. The first-order chi connectivity index (χ1) is 16.2. The highest BCUT2D eigenvalue weighted by Crippen LogP contribution is 2.28. The molecular weight excluding hydrogens is 457 g/mol. The molecule has 1 fully saturated rings. The van der Waals surface area contributed by atoms with Crippen molar-refractivity contribution < 1.29 is 23.8 Å². The molecule has 184 valence electrons. The molecular formula is C25H32FN3O4S. The second-order valence-corrected chi connectivity index (χ2v) is 10.4. The number of rotatable bonds is 9. The maximum absolute atomic E-state index is 13.9. The monoisotopic (exact) mass is 489 g/mol. The lowest BCUT2D eigenvalue weighted by molar-refractivity contribution is -0.132. The molecule has 0 saturated heterocycles. The van der Waals surface area contributed by atoms with Crippen molar-refractivity contribution in [3.63, 3.8) is 0 Å². The van der Waals surface area contributed by atoms with Gasteiger partial charge in [-0.1, -0.05) is 13.0 Å². The number of pyridine rings is 1. The molecule has 0 aliphatic heterocycles. The van der Waals surface area contributed by atoms with Crippen molar-refractivity contribution in [2.24, 2.45) is 5.41 Å². The molecule has 1 saturated carbocycles. The average Bonchev–Trinajstić information content (AvgIpc) is 2.82. The van der Waals surface area contributed by atoms with Gasteiger partial charge in [-0.15, -0.1) is 11.8 Å².